The van der Waals surface area contributed by atoms with E-state index in [1.54, 1.807) is 19.1 Å². The maximum Gasteiger partial charge on any atom is 0.326 e. The molecule has 0 aromatic heterocycles. The molecule has 0 aliphatic rings. The average Bonchev–Trinajstić information content (AvgIpc) is 0.846. The molecule has 6 amide bonds. The fourth-order valence-electron chi connectivity index (χ4n) is 10.6. The summed E-state index contributed by atoms with van der Waals surface area (Å²) in [5.41, 5.74) is 12.4. The molecule has 0 saturated heterocycles. The zero-order valence-electron chi connectivity index (χ0n) is 59.5. The Balaban J connectivity index is 2.15. The van der Waals surface area contributed by atoms with Gasteiger partial charge in [0.25, 0.3) is 10.1 Å². The van der Waals surface area contributed by atoms with Crippen LogP contribution < -0.4 is 48.7 Å². The molecule has 572 valence electrons. The van der Waals surface area contributed by atoms with Crippen LogP contribution in [0.4, 0.5) is 0 Å². The number of hydrogen-bond acceptors (Lipinski definition) is 20. The number of ketones is 2. The van der Waals surface area contributed by atoms with Gasteiger partial charge in [0.1, 0.15) is 49.2 Å². The van der Waals surface area contributed by atoms with Crippen LogP contribution >= 0.6 is 0 Å². The van der Waals surface area contributed by atoms with Crippen molar-refractivity contribution in [1.82, 2.24) is 37.2 Å². The highest BCUT2D eigenvalue weighted by Crippen LogP contribution is 2.28. The summed E-state index contributed by atoms with van der Waals surface area (Å²) in [6.45, 7) is 12.0. The van der Waals surface area contributed by atoms with Gasteiger partial charge in [0.05, 0.1) is 65.2 Å². The molecule has 1 unspecified atom stereocenters. The van der Waals surface area contributed by atoms with Crippen molar-refractivity contribution < 1.29 is 94.8 Å². The van der Waals surface area contributed by atoms with Crippen molar-refractivity contribution >= 4 is 69.1 Å². The summed E-state index contributed by atoms with van der Waals surface area (Å²) >= 11 is 0. The molecule has 30 nitrogen and oxygen atoms in total. The summed E-state index contributed by atoms with van der Waals surface area (Å²) < 4.78 is 62.8. The Bertz CT molecular complexity index is 2640. The van der Waals surface area contributed by atoms with Crippen LogP contribution in [0.15, 0.2) is 36.5 Å². The number of primary amides is 1. The number of ether oxygens (including phenoxy) is 6. The Hall–Kier alpha value is -6.87. The van der Waals surface area contributed by atoms with Gasteiger partial charge in [-0.1, -0.05) is 117 Å². The number of hydrogen-bond donors (Lipinski definition) is 13. The number of aromatic hydroxyl groups is 1. The molecule has 0 aliphatic carbocycles. The molecule has 1 aromatic carbocycles. The minimum atomic E-state index is -3.86. The maximum atomic E-state index is 14.3. The predicted octanol–water partition coefficient (Wildman–Crippen LogP) is 4.03. The van der Waals surface area contributed by atoms with Crippen molar-refractivity contribution in [3.8, 4) is 5.75 Å². The normalized spacial score (nSPS) is 12.9. The number of phenols is 1. The van der Waals surface area contributed by atoms with E-state index in [9.17, 15) is 61.8 Å². The monoisotopic (exact) mass is 1440 g/mol. The molecule has 31 heteroatoms. The van der Waals surface area contributed by atoms with Gasteiger partial charge in [-0.25, -0.2) is 4.79 Å². The van der Waals surface area contributed by atoms with Crippen LogP contribution in [-0.2, 0) is 88.1 Å². The van der Waals surface area contributed by atoms with Gasteiger partial charge in [0.15, 0.2) is 5.96 Å². The lowest BCUT2D eigenvalue weighted by Gasteiger charge is -2.28. The van der Waals surface area contributed by atoms with Crippen LogP contribution in [0.2, 0.25) is 0 Å². The molecule has 100 heavy (non-hydrogen) atoms. The summed E-state index contributed by atoms with van der Waals surface area (Å²) in [7, 11) is -3.86. The summed E-state index contributed by atoms with van der Waals surface area (Å²) in [6, 6.07) is 3.97. The fraction of sp³-hybridized carbons (Fsp3) is 0.739. The number of carboxylic acid groups (broad SMARTS) is 1. The number of rotatable bonds is 67. The van der Waals surface area contributed by atoms with Gasteiger partial charge in [-0.15, -0.1) is 0 Å². The van der Waals surface area contributed by atoms with E-state index >= 15 is 0 Å². The minimum Gasteiger partial charge on any atom is -0.508 e. The Kier molecular flexibility index (Phi) is 52.6. The standard InChI is InChI=1S/C69H120N10O20S/c1-51(2)45-57(81)47-55(65(86)53(4)58(22-20-31-77-69(71)72)67(88)79-60(66(70)87)46-54-25-27-56(80)28-26-54)21-17-18-30-74-62(83)48-97-42-39-95-36-33-76-64(85)50-99-43-40-96-37-34-75-63(84)49-98-41-38-94-35-32-73-52(3)24-29-59(68(89)90)78-61(82)23-16-14-12-10-8-6-5-7-9-11-13-15-19-44-100(91,92)93/h25-28,51,53,55,58-60,73,80H,3,5-24,29-50H2,1-2,4H3,(H2,70,87)(H,74,83)(H,75,84)(H,76,85)(H,78,82)(H,79,88)(H,89,90)(H4,71,72,77)(H,91,92,93)/t53?,55-,58-,59+,60+/m1/s1. The number of phenolic OH excluding ortho intramolecular Hbond substituents is 1. The van der Waals surface area contributed by atoms with Crippen molar-refractivity contribution in [2.45, 2.75) is 187 Å². The average molecular weight is 1440 g/mol. The topological polar surface area (TPSA) is 464 Å². The second kappa shape index (κ2) is 57.7. The number of nitrogens with one attached hydrogen (secondary N) is 8. The van der Waals surface area contributed by atoms with E-state index in [-0.39, 0.29) is 196 Å². The molecular weight excluding hydrogens is 1320 g/mol. The number of nitrogens with two attached hydrogens (primary N) is 2. The van der Waals surface area contributed by atoms with Gasteiger partial charge in [0.2, 0.25) is 35.4 Å². The predicted molar refractivity (Wildman–Crippen MR) is 377 cm³/mol. The Morgan fingerprint density at radius 2 is 0.990 bits per heavy atom. The number of unbranched alkanes of at least 4 members (excludes halogenated alkanes) is 13. The molecule has 1 aromatic rings. The third-order valence-corrected chi connectivity index (χ3v) is 16.8. The lowest BCUT2D eigenvalue weighted by Crippen LogP contribution is -2.49. The summed E-state index contributed by atoms with van der Waals surface area (Å²) in [5, 5.41) is 46.1. The highest BCUT2D eigenvalue weighted by molar-refractivity contribution is 7.85. The van der Waals surface area contributed by atoms with Crippen LogP contribution in [0.1, 0.15) is 174 Å². The molecule has 0 fully saturated rings. The molecule has 0 radical (unpaired) electrons. The fourth-order valence-corrected chi connectivity index (χ4v) is 11.1. The Morgan fingerprint density at radius 3 is 1.47 bits per heavy atom. The van der Waals surface area contributed by atoms with Crippen LogP contribution in [0, 0.1) is 29.1 Å². The molecular formula is C69H120N10O20S. The lowest BCUT2D eigenvalue weighted by molar-refractivity contribution is -0.142. The van der Waals surface area contributed by atoms with E-state index < -0.39 is 57.7 Å². The molecule has 0 saturated carbocycles. The van der Waals surface area contributed by atoms with Crippen molar-refractivity contribution in [3.05, 3.63) is 42.1 Å². The van der Waals surface area contributed by atoms with Gasteiger partial charge in [-0.3, -0.25) is 48.3 Å². The van der Waals surface area contributed by atoms with Gasteiger partial charge in [-0.05, 0) is 75.0 Å². The SMILES string of the molecule is C=C(CC[C@H](NC(=O)CCCCCCCCCCCCCCCS(=O)(=O)O)C(=O)O)NCCOCCOCC(=O)NCCOCCOCC(=O)NCCOCCOCC(=O)NCCCC[C@H](CC(=O)CC(C)C)C(=O)C(C)[C@@H](CCCNC(=N)N)C(=O)N[C@@H](Cc1ccc(O)cc1)C(N)=O. The number of carboxylic acids is 1. The first-order chi connectivity index (χ1) is 47.8. The lowest BCUT2D eigenvalue weighted by atomic mass is 9.78. The number of carbonyl (C=O) groups excluding carboxylic acids is 8. The zero-order valence-corrected chi connectivity index (χ0v) is 60.3. The van der Waals surface area contributed by atoms with Crippen molar-refractivity contribution in [2.75, 3.05) is 118 Å². The molecule has 0 bridgehead atoms. The number of benzene rings is 1. The molecule has 15 N–H and O–H groups in total. The van der Waals surface area contributed by atoms with E-state index in [1.165, 1.54) is 12.1 Å². The van der Waals surface area contributed by atoms with E-state index in [0.717, 1.165) is 70.6 Å². The van der Waals surface area contributed by atoms with E-state index in [2.05, 4.69) is 43.8 Å². The summed E-state index contributed by atoms with van der Waals surface area (Å²) in [5.74, 6) is -6.95. The smallest absolute Gasteiger partial charge is 0.326 e. The number of allylic oxidation sites excluding steroid dienone is 1. The first-order valence-electron chi connectivity index (χ1n) is 35.4. The molecule has 0 aliphatic heterocycles. The molecule has 5 atom stereocenters. The van der Waals surface area contributed by atoms with Crippen LogP contribution in [0.5, 0.6) is 5.75 Å². The highest BCUT2D eigenvalue weighted by atomic mass is 32.2. The number of carbonyl (C=O) groups is 9. The third-order valence-electron chi connectivity index (χ3n) is 16.0. The van der Waals surface area contributed by atoms with Crippen molar-refractivity contribution in [1.29, 1.82) is 5.41 Å². The highest BCUT2D eigenvalue weighted by Gasteiger charge is 2.36. The van der Waals surface area contributed by atoms with E-state index in [0.29, 0.717) is 69.4 Å². The Labute approximate surface area is 591 Å². The minimum absolute atomic E-state index is 0.0120. The third kappa shape index (κ3) is 52.2. The molecule has 0 heterocycles. The first-order valence-corrected chi connectivity index (χ1v) is 37.0. The number of guanidine groups is 1. The van der Waals surface area contributed by atoms with Gasteiger partial charge in [0, 0.05) is 81.9 Å². The Morgan fingerprint density at radius 1 is 0.520 bits per heavy atom. The largest absolute Gasteiger partial charge is 0.508 e. The molecule has 1 rings (SSSR count). The van der Waals surface area contributed by atoms with Crippen LogP contribution in [0.25, 0.3) is 0 Å². The van der Waals surface area contributed by atoms with Crippen molar-refractivity contribution in [3.63, 3.8) is 0 Å². The number of Topliss-reactive ketones (excluding diaryl/α,β-unsaturated/α-hetero) is 2. The first kappa shape index (κ1) is 91.1. The number of aliphatic carboxylic acids is 1. The van der Waals surface area contributed by atoms with E-state index in [4.69, 9.17) is 49.9 Å². The second-order valence-electron chi connectivity index (χ2n) is 25.4. The van der Waals surface area contributed by atoms with Gasteiger partial charge in [-0.2, -0.15) is 8.42 Å². The van der Waals surface area contributed by atoms with Gasteiger partial charge < -0.3 is 87.3 Å². The van der Waals surface area contributed by atoms with Gasteiger partial charge >= 0.3 is 5.97 Å². The summed E-state index contributed by atoms with van der Waals surface area (Å²) in [4.78, 5) is 115. The number of amides is 6. The van der Waals surface area contributed by atoms with E-state index in [1.807, 2.05) is 13.8 Å². The quantitative estimate of drug-likeness (QED) is 0.0189. The van der Waals surface area contributed by atoms with Crippen LogP contribution in [0.3, 0.4) is 0 Å². The second-order valence-corrected chi connectivity index (χ2v) is 26.9. The van der Waals surface area contributed by atoms with Crippen LogP contribution in [-0.4, -0.2) is 212 Å². The summed E-state index contributed by atoms with van der Waals surface area (Å²) in [6.07, 6.45) is 15.8. The maximum absolute atomic E-state index is 14.3. The van der Waals surface area contributed by atoms with Crippen molar-refractivity contribution in [2.24, 2.45) is 35.1 Å². The molecule has 0 spiro atoms. The zero-order chi connectivity index (χ0) is 74.2.